The van der Waals surface area contributed by atoms with Crippen molar-refractivity contribution in [2.45, 2.75) is 70.6 Å². The van der Waals surface area contributed by atoms with Gasteiger partial charge in [-0.3, -0.25) is 9.59 Å². The number of amides is 3. The van der Waals surface area contributed by atoms with Crippen LogP contribution in [0.15, 0.2) is 60.7 Å². The van der Waals surface area contributed by atoms with Gasteiger partial charge in [-0.1, -0.05) is 74.5 Å². The normalized spacial score (nSPS) is 19.1. The summed E-state index contributed by atoms with van der Waals surface area (Å²) in [7, 11) is 0. The second-order valence-electron chi connectivity index (χ2n) is 11.5. The van der Waals surface area contributed by atoms with Crippen molar-refractivity contribution in [3.63, 3.8) is 0 Å². The summed E-state index contributed by atoms with van der Waals surface area (Å²) >= 11 is 0. The SMILES string of the molecule is CC(C)CN1C(=O)[C@H](CCCCNC(=O)OCc2ccccc2)NC(=O)C12CCN(CCc1ccccc1)CC2. The topological polar surface area (TPSA) is 91.0 Å². The fourth-order valence-electron chi connectivity index (χ4n) is 5.71. The largest absolute Gasteiger partial charge is 0.445 e. The van der Waals surface area contributed by atoms with E-state index in [1.165, 1.54) is 5.56 Å². The van der Waals surface area contributed by atoms with Crippen LogP contribution in [0.4, 0.5) is 4.79 Å². The van der Waals surface area contributed by atoms with Crippen molar-refractivity contribution in [3.8, 4) is 0 Å². The van der Waals surface area contributed by atoms with Crippen molar-refractivity contribution >= 4 is 17.9 Å². The number of carbonyl (C=O) groups excluding carboxylic acids is 3. The molecule has 0 aromatic heterocycles. The molecule has 0 saturated carbocycles. The summed E-state index contributed by atoms with van der Waals surface area (Å²) in [6, 6.07) is 19.5. The molecular weight excluding hydrogens is 504 g/mol. The summed E-state index contributed by atoms with van der Waals surface area (Å²) in [4.78, 5) is 43.5. The van der Waals surface area contributed by atoms with Gasteiger partial charge in [0.2, 0.25) is 11.8 Å². The van der Waals surface area contributed by atoms with Crippen LogP contribution in [0, 0.1) is 5.92 Å². The highest BCUT2D eigenvalue weighted by Gasteiger charge is 2.53. The van der Waals surface area contributed by atoms with Crippen LogP contribution < -0.4 is 10.6 Å². The molecule has 40 heavy (non-hydrogen) atoms. The number of nitrogens with one attached hydrogen (secondary N) is 2. The lowest BCUT2D eigenvalue weighted by atomic mass is 9.80. The Morgan fingerprint density at radius 3 is 2.30 bits per heavy atom. The number of carbonyl (C=O) groups is 3. The number of piperazine rings is 1. The summed E-state index contributed by atoms with van der Waals surface area (Å²) < 4.78 is 5.24. The molecule has 1 atom stereocenters. The monoisotopic (exact) mass is 548 g/mol. The van der Waals surface area contributed by atoms with Crippen molar-refractivity contribution in [2.75, 3.05) is 32.7 Å². The third kappa shape index (κ3) is 7.84. The van der Waals surface area contributed by atoms with Crippen molar-refractivity contribution in [1.29, 1.82) is 0 Å². The maximum absolute atomic E-state index is 13.7. The van der Waals surface area contributed by atoms with E-state index in [1.807, 2.05) is 41.3 Å². The molecule has 0 bridgehead atoms. The quantitative estimate of drug-likeness (QED) is 0.389. The molecule has 4 rings (SSSR count). The van der Waals surface area contributed by atoms with Crippen LogP contribution in [0.1, 0.15) is 57.1 Å². The Labute approximate surface area is 238 Å². The lowest BCUT2D eigenvalue weighted by Crippen LogP contribution is -2.73. The Morgan fingerprint density at radius 1 is 1.00 bits per heavy atom. The molecule has 2 fully saturated rings. The Hall–Kier alpha value is -3.39. The number of alkyl carbamates (subject to hydrolysis) is 1. The van der Waals surface area contributed by atoms with Crippen molar-refractivity contribution < 1.29 is 19.1 Å². The van der Waals surface area contributed by atoms with Crippen LogP contribution in [0.5, 0.6) is 0 Å². The molecule has 8 nitrogen and oxygen atoms in total. The van der Waals surface area contributed by atoms with Gasteiger partial charge in [-0.05, 0) is 55.6 Å². The standard InChI is InChI=1S/C32H44N4O4/c1-25(2)23-36-29(37)28(15-9-10-19-33-31(39)40-24-27-13-7-4-8-14-27)34-30(38)32(36)17-21-35(22-18-32)20-16-26-11-5-3-6-12-26/h3-8,11-14,25,28H,9-10,15-24H2,1-2H3,(H,33,39)(H,34,38)/t28-/m0/s1. The lowest BCUT2D eigenvalue weighted by Gasteiger charge is -2.52. The van der Waals surface area contributed by atoms with Crippen molar-refractivity contribution in [3.05, 3.63) is 71.8 Å². The first-order chi connectivity index (χ1) is 19.4. The molecular formula is C32H44N4O4. The molecule has 1 spiro atoms. The van der Waals surface area contributed by atoms with Gasteiger partial charge in [0.15, 0.2) is 0 Å². The Morgan fingerprint density at radius 2 is 1.65 bits per heavy atom. The number of piperidine rings is 1. The van der Waals surface area contributed by atoms with Gasteiger partial charge in [0.05, 0.1) is 0 Å². The summed E-state index contributed by atoms with van der Waals surface area (Å²) in [5, 5.41) is 5.85. The molecule has 8 heteroatoms. The fraction of sp³-hybridized carbons (Fsp3) is 0.531. The number of rotatable bonds is 12. The molecule has 2 N–H and O–H groups in total. The second kappa shape index (κ2) is 14.3. The van der Waals surface area contributed by atoms with Gasteiger partial charge in [-0.2, -0.15) is 0 Å². The van der Waals surface area contributed by atoms with E-state index in [4.69, 9.17) is 4.74 Å². The number of ether oxygens (including phenoxy) is 1. The Balaban J connectivity index is 1.23. The molecule has 0 unspecified atom stereocenters. The minimum Gasteiger partial charge on any atom is -0.445 e. The average Bonchev–Trinajstić information content (AvgIpc) is 2.97. The minimum atomic E-state index is -0.759. The highest BCUT2D eigenvalue weighted by Crippen LogP contribution is 2.34. The Bertz CT molecular complexity index is 1100. The lowest BCUT2D eigenvalue weighted by molar-refractivity contribution is -0.162. The summed E-state index contributed by atoms with van der Waals surface area (Å²) in [6.07, 6.45) is 3.82. The van der Waals surface area contributed by atoms with E-state index < -0.39 is 17.7 Å². The zero-order chi connectivity index (χ0) is 28.4. The summed E-state index contributed by atoms with van der Waals surface area (Å²) in [6.45, 7) is 8.03. The van der Waals surface area contributed by atoms with Crippen LogP contribution in [0.25, 0.3) is 0 Å². The van der Waals surface area contributed by atoms with Crippen LogP contribution in [0.3, 0.4) is 0 Å². The average molecular weight is 549 g/mol. The second-order valence-corrected chi connectivity index (χ2v) is 11.5. The van der Waals surface area contributed by atoms with Gasteiger partial charge < -0.3 is 25.2 Å². The molecule has 0 aliphatic carbocycles. The minimum absolute atomic E-state index is 0.0110. The first-order valence-electron chi connectivity index (χ1n) is 14.7. The fourth-order valence-corrected chi connectivity index (χ4v) is 5.71. The molecule has 0 radical (unpaired) electrons. The van der Waals surface area contributed by atoms with E-state index in [2.05, 4.69) is 53.6 Å². The van der Waals surface area contributed by atoms with Gasteiger partial charge in [-0.15, -0.1) is 0 Å². The number of benzene rings is 2. The zero-order valence-electron chi connectivity index (χ0n) is 23.9. The van der Waals surface area contributed by atoms with E-state index in [1.54, 1.807) is 0 Å². The van der Waals surface area contributed by atoms with Gasteiger partial charge in [-0.25, -0.2) is 4.79 Å². The van der Waals surface area contributed by atoms with Gasteiger partial charge in [0.25, 0.3) is 0 Å². The van der Waals surface area contributed by atoms with E-state index in [-0.39, 0.29) is 24.3 Å². The maximum Gasteiger partial charge on any atom is 0.407 e. The number of likely N-dealkylation sites (tertiary alicyclic amines) is 1. The number of hydrogen-bond acceptors (Lipinski definition) is 5. The first kappa shape index (κ1) is 29.6. The molecule has 2 aromatic rings. The number of nitrogens with zero attached hydrogens (tertiary/aromatic N) is 2. The molecule has 2 aliphatic heterocycles. The zero-order valence-corrected chi connectivity index (χ0v) is 23.9. The molecule has 2 aliphatic rings. The summed E-state index contributed by atoms with van der Waals surface area (Å²) in [5.74, 6) is 0.291. The first-order valence-corrected chi connectivity index (χ1v) is 14.7. The highest BCUT2D eigenvalue weighted by molar-refractivity contribution is 6.00. The van der Waals surface area contributed by atoms with Gasteiger partial charge >= 0.3 is 6.09 Å². The smallest absolute Gasteiger partial charge is 0.407 e. The highest BCUT2D eigenvalue weighted by atomic mass is 16.5. The Kier molecular flexibility index (Phi) is 10.6. The van der Waals surface area contributed by atoms with Crippen LogP contribution in [0.2, 0.25) is 0 Å². The van der Waals surface area contributed by atoms with Gasteiger partial charge in [0.1, 0.15) is 18.2 Å². The van der Waals surface area contributed by atoms with Crippen molar-refractivity contribution in [1.82, 2.24) is 20.4 Å². The maximum atomic E-state index is 13.7. The van der Waals surface area contributed by atoms with Crippen LogP contribution in [-0.4, -0.2) is 72.0 Å². The van der Waals surface area contributed by atoms with E-state index in [0.717, 1.165) is 31.6 Å². The van der Waals surface area contributed by atoms with E-state index >= 15 is 0 Å². The third-order valence-electron chi connectivity index (χ3n) is 8.00. The predicted octanol–water partition coefficient (Wildman–Crippen LogP) is 4.14. The number of unbranched alkanes of at least 4 members (excludes halogenated alkanes) is 1. The molecule has 2 heterocycles. The third-order valence-corrected chi connectivity index (χ3v) is 8.00. The van der Waals surface area contributed by atoms with Crippen LogP contribution in [-0.2, 0) is 27.4 Å². The molecule has 2 saturated heterocycles. The van der Waals surface area contributed by atoms with Crippen LogP contribution >= 0.6 is 0 Å². The molecule has 3 amide bonds. The van der Waals surface area contributed by atoms with Gasteiger partial charge in [0, 0.05) is 32.7 Å². The van der Waals surface area contributed by atoms with Crippen molar-refractivity contribution in [2.24, 2.45) is 5.92 Å². The summed E-state index contributed by atoms with van der Waals surface area (Å²) in [5.41, 5.74) is 1.49. The number of hydrogen-bond donors (Lipinski definition) is 2. The predicted molar refractivity (Wildman–Crippen MR) is 156 cm³/mol. The molecule has 2 aromatic carbocycles. The van der Waals surface area contributed by atoms with E-state index in [9.17, 15) is 14.4 Å². The molecule has 216 valence electrons. The van der Waals surface area contributed by atoms with E-state index in [0.29, 0.717) is 45.2 Å².